The van der Waals surface area contributed by atoms with E-state index in [2.05, 4.69) is 10.1 Å². The van der Waals surface area contributed by atoms with E-state index in [9.17, 15) is 30.4 Å². The van der Waals surface area contributed by atoms with Gasteiger partial charge in [0.05, 0.1) is 5.56 Å². The predicted octanol–water partition coefficient (Wildman–Crippen LogP) is 2.09. The first-order valence-corrected chi connectivity index (χ1v) is 6.84. The number of hydrogen-bond donors (Lipinski definition) is 1. The van der Waals surface area contributed by atoms with Gasteiger partial charge in [0.1, 0.15) is 0 Å². The third-order valence-corrected chi connectivity index (χ3v) is 3.21. The molecule has 2 aromatic rings. The van der Waals surface area contributed by atoms with Crippen LogP contribution in [0.1, 0.15) is 0 Å². The van der Waals surface area contributed by atoms with Crippen LogP contribution in [-0.4, -0.2) is 23.6 Å². The molecule has 12 heteroatoms. The highest BCUT2D eigenvalue weighted by Gasteiger charge is 2.29. The van der Waals surface area contributed by atoms with Crippen molar-refractivity contribution in [1.82, 2.24) is 15.2 Å². The van der Waals surface area contributed by atoms with E-state index in [4.69, 9.17) is 10.7 Å². The third kappa shape index (κ3) is 2.22. The van der Waals surface area contributed by atoms with E-state index < -0.39 is 54.7 Å². The fourth-order valence-corrected chi connectivity index (χ4v) is 1.83. The quantitative estimate of drug-likeness (QED) is 0.395. The summed E-state index contributed by atoms with van der Waals surface area (Å²) in [5.41, 5.74) is -1.47. The molecule has 2 rings (SSSR count). The first-order valence-electron chi connectivity index (χ1n) is 4.53. The maximum absolute atomic E-state index is 13.4. The summed E-state index contributed by atoms with van der Waals surface area (Å²) in [5, 5.41) is 3.75. The van der Waals surface area contributed by atoms with E-state index in [0.29, 0.717) is 0 Å². The zero-order chi connectivity index (χ0) is 15.2. The van der Waals surface area contributed by atoms with Gasteiger partial charge in [-0.3, -0.25) is 0 Å². The Hall–Kier alpha value is -1.75. The van der Waals surface area contributed by atoms with Crippen LogP contribution in [0.15, 0.2) is 5.16 Å². The molecule has 0 fully saturated rings. The second-order valence-electron chi connectivity index (χ2n) is 3.35. The van der Waals surface area contributed by atoms with Crippen LogP contribution in [0, 0.1) is 29.1 Å². The second-order valence-corrected chi connectivity index (χ2v) is 5.83. The smallest absolute Gasteiger partial charge is 0.248 e. The molecular formula is C8HClF5N3O2S. The molecule has 0 saturated carbocycles. The molecule has 0 atom stereocenters. The molecule has 0 aliphatic carbocycles. The van der Waals surface area contributed by atoms with E-state index in [-0.39, 0.29) is 0 Å². The van der Waals surface area contributed by atoms with E-state index in [1.165, 1.54) is 0 Å². The van der Waals surface area contributed by atoms with Crippen molar-refractivity contribution < 1.29 is 30.4 Å². The third-order valence-electron chi connectivity index (χ3n) is 2.13. The highest BCUT2D eigenvalue weighted by molar-refractivity contribution is 8.13. The van der Waals surface area contributed by atoms with Crippen LogP contribution >= 0.6 is 10.7 Å². The summed E-state index contributed by atoms with van der Waals surface area (Å²) in [5.74, 6) is -12.2. The van der Waals surface area contributed by atoms with Gasteiger partial charge in [-0.2, -0.15) is 10.1 Å². The molecule has 0 spiro atoms. The van der Waals surface area contributed by atoms with Gasteiger partial charge in [0.15, 0.2) is 29.1 Å². The SMILES string of the molecule is O=S(=O)(Cl)c1nc(-c2c(F)c(F)c(F)c(F)c2F)n[nH]1. The van der Waals surface area contributed by atoms with Crippen LogP contribution in [0.4, 0.5) is 22.0 Å². The molecule has 1 aromatic carbocycles. The number of nitrogens with one attached hydrogen (secondary N) is 1. The van der Waals surface area contributed by atoms with Gasteiger partial charge in [0, 0.05) is 10.7 Å². The number of benzene rings is 1. The fourth-order valence-electron chi connectivity index (χ4n) is 1.27. The topological polar surface area (TPSA) is 75.7 Å². The molecule has 0 saturated heterocycles. The lowest BCUT2D eigenvalue weighted by atomic mass is 10.1. The minimum absolute atomic E-state index is 1.00. The lowest BCUT2D eigenvalue weighted by Crippen LogP contribution is -2.05. The molecule has 5 nitrogen and oxygen atoms in total. The Morgan fingerprint density at radius 3 is 1.75 bits per heavy atom. The van der Waals surface area contributed by atoms with E-state index in [0.717, 1.165) is 0 Å². The largest absolute Gasteiger partial charge is 0.296 e. The molecule has 1 N–H and O–H groups in total. The summed E-state index contributed by atoms with van der Waals surface area (Å²) in [4.78, 5) is 3.06. The van der Waals surface area contributed by atoms with Crippen molar-refractivity contribution in [2.45, 2.75) is 5.16 Å². The Bertz CT molecular complexity index is 778. The van der Waals surface area contributed by atoms with Crippen molar-refractivity contribution in [1.29, 1.82) is 0 Å². The standard InChI is InChI=1S/C8HClF5N3O2S/c9-20(18,19)8-15-7(16-17-8)1-2(10)4(12)6(14)5(13)3(1)11/h(H,15,16,17). The van der Waals surface area contributed by atoms with Gasteiger partial charge in [0.2, 0.25) is 5.82 Å². The zero-order valence-electron chi connectivity index (χ0n) is 8.89. The molecule has 0 amide bonds. The van der Waals surface area contributed by atoms with Crippen molar-refractivity contribution >= 4 is 19.7 Å². The van der Waals surface area contributed by atoms with Crippen molar-refractivity contribution in [2.75, 3.05) is 0 Å². The molecule has 0 unspecified atom stereocenters. The number of rotatable bonds is 2. The van der Waals surface area contributed by atoms with Crippen molar-refractivity contribution in [2.24, 2.45) is 0 Å². The molecule has 0 bridgehead atoms. The lowest BCUT2D eigenvalue weighted by Gasteiger charge is -2.04. The van der Waals surface area contributed by atoms with Crippen LogP contribution in [0.25, 0.3) is 11.4 Å². The van der Waals surface area contributed by atoms with Crippen LogP contribution in [0.5, 0.6) is 0 Å². The molecule has 0 aliphatic heterocycles. The monoisotopic (exact) mass is 333 g/mol. The normalized spacial score (nSPS) is 11.9. The number of aromatic amines is 1. The Labute approximate surface area is 111 Å². The summed E-state index contributed by atoms with van der Waals surface area (Å²) in [6.45, 7) is 0. The number of halogens is 6. The van der Waals surface area contributed by atoms with Crippen molar-refractivity contribution in [3.05, 3.63) is 29.1 Å². The average Bonchev–Trinajstić information content (AvgIpc) is 2.83. The molecule has 0 aliphatic rings. The Balaban J connectivity index is 2.74. The summed E-state index contributed by atoms with van der Waals surface area (Å²) in [6.07, 6.45) is 0. The van der Waals surface area contributed by atoms with Crippen molar-refractivity contribution in [3.63, 3.8) is 0 Å². The highest BCUT2D eigenvalue weighted by atomic mass is 35.7. The van der Waals surface area contributed by atoms with Crippen LogP contribution < -0.4 is 0 Å². The first-order chi connectivity index (χ1) is 9.14. The summed E-state index contributed by atoms with van der Waals surface area (Å²) >= 11 is 0. The predicted molar refractivity (Wildman–Crippen MR) is 54.6 cm³/mol. The Morgan fingerprint density at radius 2 is 1.35 bits per heavy atom. The second kappa shape index (κ2) is 4.66. The maximum atomic E-state index is 13.4. The van der Waals surface area contributed by atoms with Gasteiger partial charge >= 0.3 is 0 Å². The molecule has 20 heavy (non-hydrogen) atoms. The maximum Gasteiger partial charge on any atom is 0.296 e. The van der Waals surface area contributed by atoms with Gasteiger partial charge in [-0.15, -0.1) is 0 Å². The first kappa shape index (κ1) is 14.7. The van der Waals surface area contributed by atoms with E-state index >= 15 is 0 Å². The summed E-state index contributed by atoms with van der Waals surface area (Å²) in [7, 11) is 0.462. The molecule has 1 heterocycles. The van der Waals surface area contributed by atoms with Gasteiger partial charge in [-0.05, 0) is 0 Å². The van der Waals surface area contributed by atoms with Gasteiger partial charge < -0.3 is 0 Å². The summed E-state index contributed by atoms with van der Waals surface area (Å²) in [6, 6.07) is 0. The van der Waals surface area contributed by atoms with Crippen LogP contribution in [0.3, 0.4) is 0 Å². The van der Waals surface area contributed by atoms with E-state index in [1.54, 1.807) is 5.10 Å². The Kier molecular flexibility index (Phi) is 3.42. The molecule has 1 aromatic heterocycles. The van der Waals surface area contributed by atoms with Gasteiger partial charge in [-0.25, -0.2) is 35.5 Å². The summed E-state index contributed by atoms with van der Waals surface area (Å²) < 4.78 is 87.3. The minimum Gasteiger partial charge on any atom is -0.248 e. The fraction of sp³-hybridized carbons (Fsp3) is 0. The highest BCUT2D eigenvalue weighted by Crippen LogP contribution is 2.29. The number of aromatic nitrogens is 3. The number of H-pyrrole nitrogens is 1. The number of nitrogens with zero attached hydrogens (tertiary/aromatic N) is 2. The average molecular weight is 334 g/mol. The molecular weight excluding hydrogens is 333 g/mol. The van der Waals surface area contributed by atoms with Crippen molar-refractivity contribution in [3.8, 4) is 11.4 Å². The molecule has 108 valence electrons. The van der Waals surface area contributed by atoms with Crippen LogP contribution in [-0.2, 0) is 9.05 Å². The minimum atomic E-state index is -4.41. The zero-order valence-corrected chi connectivity index (χ0v) is 10.5. The molecule has 0 radical (unpaired) electrons. The number of hydrogen-bond acceptors (Lipinski definition) is 4. The van der Waals surface area contributed by atoms with Crippen LogP contribution in [0.2, 0.25) is 0 Å². The van der Waals surface area contributed by atoms with Gasteiger partial charge in [0.25, 0.3) is 14.2 Å². The van der Waals surface area contributed by atoms with Gasteiger partial charge in [-0.1, -0.05) is 0 Å². The van der Waals surface area contributed by atoms with E-state index in [1.807, 2.05) is 0 Å². The Morgan fingerprint density at radius 1 is 0.900 bits per heavy atom. The lowest BCUT2D eigenvalue weighted by molar-refractivity contribution is 0.381.